The molecule has 0 radical (unpaired) electrons. The first-order valence-electron chi connectivity index (χ1n) is 5.26. The number of hydrogen-bond acceptors (Lipinski definition) is 3. The van der Waals surface area contributed by atoms with Crippen LogP contribution in [0.4, 0.5) is 5.82 Å². The van der Waals surface area contributed by atoms with Crippen LogP contribution in [0.15, 0.2) is 24.5 Å². The Morgan fingerprint density at radius 2 is 2.18 bits per heavy atom. The van der Waals surface area contributed by atoms with E-state index in [2.05, 4.69) is 15.4 Å². The summed E-state index contributed by atoms with van der Waals surface area (Å²) in [5, 5.41) is 8.46. The van der Waals surface area contributed by atoms with Crippen molar-refractivity contribution in [1.29, 1.82) is 0 Å². The van der Waals surface area contributed by atoms with E-state index in [1.807, 2.05) is 19.1 Å². The summed E-state index contributed by atoms with van der Waals surface area (Å²) in [7, 11) is 0. The van der Waals surface area contributed by atoms with Crippen molar-refractivity contribution >= 4 is 29.0 Å². The highest BCUT2D eigenvalue weighted by molar-refractivity contribution is 6.31. The molecule has 4 nitrogen and oxygen atoms in total. The fraction of sp³-hybridized carbons (Fsp3) is 0.273. The lowest BCUT2D eigenvalue weighted by Gasteiger charge is -2.07. The summed E-state index contributed by atoms with van der Waals surface area (Å²) in [6.07, 6.45) is 3.32. The number of rotatable bonds is 4. The van der Waals surface area contributed by atoms with Crippen LogP contribution in [0.1, 0.15) is 12.6 Å². The predicted octanol–water partition coefficient (Wildman–Crippen LogP) is 3.07. The normalized spacial score (nSPS) is 10.5. The molecular weight excluding hydrogens is 259 g/mol. The molecule has 0 aliphatic carbocycles. The third kappa shape index (κ3) is 3.11. The zero-order valence-corrected chi connectivity index (χ0v) is 10.8. The van der Waals surface area contributed by atoms with E-state index in [1.54, 1.807) is 17.1 Å². The first kappa shape index (κ1) is 12.2. The van der Waals surface area contributed by atoms with E-state index in [4.69, 9.17) is 23.2 Å². The number of anilines is 1. The minimum atomic E-state index is 0.505. The van der Waals surface area contributed by atoms with Crippen LogP contribution in [-0.2, 0) is 6.54 Å². The summed E-state index contributed by atoms with van der Waals surface area (Å²) in [6, 6.07) is 3.68. The predicted molar refractivity (Wildman–Crippen MR) is 69.7 cm³/mol. The smallest absolute Gasteiger partial charge is 0.126 e. The van der Waals surface area contributed by atoms with Crippen LogP contribution in [0.25, 0.3) is 0 Å². The highest BCUT2D eigenvalue weighted by Gasteiger charge is 2.05. The van der Waals surface area contributed by atoms with Crippen LogP contribution >= 0.6 is 23.2 Å². The Labute approximate surface area is 110 Å². The summed E-state index contributed by atoms with van der Waals surface area (Å²) in [4.78, 5) is 4.42. The Morgan fingerprint density at radius 1 is 1.35 bits per heavy atom. The number of pyridine rings is 1. The molecule has 0 atom stereocenters. The van der Waals surface area contributed by atoms with Crippen molar-refractivity contribution < 1.29 is 0 Å². The molecule has 1 N–H and O–H groups in total. The van der Waals surface area contributed by atoms with E-state index in [1.165, 1.54) is 0 Å². The third-order valence-electron chi connectivity index (χ3n) is 2.19. The topological polar surface area (TPSA) is 42.7 Å². The molecule has 0 aliphatic heterocycles. The van der Waals surface area contributed by atoms with Crippen LogP contribution < -0.4 is 5.32 Å². The molecule has 0 amide bonds. The maximum Gasteiger partial charge on any atom is 0.126 e. The van der Waals surface area contributed by atoms with Crippen molar-refractivity contribution in [1.82, 2.24) is 14.8 Å². The van der Waals surface area contributed by atoms with E-state index in [0.29, 0.717) is 16.6 Å². The molecule has 0 aliphatic rings. The molecule has 2 rings (SSSR count). The van der Waals surface area contributed by atoms with Gasteiger partial charge in [0, 0.05) is 12.7 Å². The van der Waals surface area contributed by atoms with E-state index >= 15 is 0 Å². The monoisotopic (exact) mass is 270 g/mol. The summed E-state index contributed by atoms with van der Waals surface area (Å²) in [5.41, 5.74) is 0.768. The summed E-state index contributed by atoms with van der Waals surface area (Å²) in [5.74, 6) is 0.810. The fourth-order valence-corrected chi connectivity index (χ4v) is 1.77. The zero-order chi connectivity index (χ0) is 12.3. The highest BCUT2D eigenvalue weighted by Crippen LogP contribution is 2.18. The van der Waals surface area contributed by atoms with Crippen LogP contribution in [0.2, 0.25) is 10.0 Å². The molecule has 2 aromatic rings. The minimum Gasteiger partial charge on any atom is -0.370 e. The second kappa shape index (κ2) is 5.38. The average molecular weight is 271 g/mol. The summed E-state index contributed by atoms with van der Waals surface area (Å²) < 4.78 is 1.70. The van der Waals surface area contributed by atoms with E-state index in [0.717, 1.165) is 18.1 Å². The molecule has 2 aromatic heterocycles. The molecule has 90 valence electrons. The lowest BCUT2D eigenvalue weighted by molar-refractivity contribution is 0.673. The van der Waals surface area contributed by atoms with Crippen molar-refractivity contribution in [2.24, 2.45) is 0 Å². The Kier molecular flexibility index (Phi) is 3.86. The number of nitrogens with zero attached hydrogens (tertiary/aromatic N) is 3. The van der Waals surface area contributed by atoms with Gasteiger partial charge in [0.2, 0.25) is 0 Å². The molecule has 2 heterocycles. The van der Waals surface area contributed by atoms with Gasteiger partial charge in [-0.25, -0.2) is 4.98 Å². The van der Waals surface area contributed by atoms with Crippen LogP contribution in [0, 0.1) is 0 Å². The van der Waals surface area contributed by atoms with Gasteiger partial charge in [0.05, 0.1) is 28.5 Å². The summed E-state index contributed by atoms with van der Waals surface area (Å²) in [6.45, 7) is 3.34. The van der Waals surface area contributed by atoms with Crippen molar-refractivity contribution in [3.8, 4) is 0 Å². The van der Waals surface area contributed by atoms with Crippen molar-refractivity contribution in [2.75, 3.05) is 11.9 Å². The van der Waals surface area contributed by atoms with Gasteiger partial charge in [0.15, 0.2) is 0 Å². The second-order valence-corrected chi connectivity index (χ2v) is 4.36. The molecule has 6 heteroatoms. The average Bonchev–Trinajstić information content (AvgIpc) is 2.69. The fourth-order valence-electron chi connectivity index (χ4n) is 1.45. The Balaban J connectivity index is 2.22. The van der Waals surface area contributed by atoms with Gasteiger partial charge in [-0.15, -0.1) is 0 Å². The standard InChI is InChI=1S/C11H12Cl2N4/c1-2-14-11-4-3-9(13)10(16-11)7-17-6-8(12)5-15-17/h3-6H,2,7H2,1H3,(H,14,16). The Bertz CT molecular complexity index is 510. The van der Waals surface area contributed by atoms with Crippen LogP contribution in [-0.4, -0.2) is 21.3 Å². The molecule has 0 fully saturated rings. The van der Waals surface area contributed by atoms with Crippen LogP contribution in [0.5, 0.6) is 0 Å². The summed E-state index contributed by atoms with van der Waals surface area (Å²) >= 11 is 11.9. The molecule has 0 bridgehead atoms. The van der Waals surface area contributed by atoms with Crippen molar-refractivity contribution in [3.05, 3.63) is 40.3 Å². The molecular formula is C11H12Cl2N4. The van der Waals surface area contributed by atoms with Gasteiger partial charge in [0.1, 0.15) is 5.82 Å². The van der Waals surface area contributed by atoms with Gasteiger partial charge in [-0.05, 0) is 19.1 Å². The number of aromatic nitrogens is 3. The van der Waals surface area contributed by atoms with Crippen LogP contribution in [0.3, 0.4) is 0 Å². The van der Waals surface area contributed by atoms with Gasteiger partial charge < -0.3 is 5.32 Å². The quantitative estimate of drug-likeness (QED) is 0.929. The first-order chi connectivity index (χ1) is 8.19. The molecule has 0 saturated carbocycles. The SMILES string of the molecule is CCNc1ccc(Cl)c(Cn2cc(Cl)cn2)n1. The molecule has 17 heavy (non-hydrogen) atoms. The molecule has 0 aromatic carbocycles. The molecule has 0 unspecified atom stereocenters. The number of nitrogens with one attached hydrogen (secondary N) is 1. The van der Waals surface area contributed by atoms with Gasteiger partial charge in [-0.1, -0.05) is 23.2 Å². The minimum absolute atomic E-state index is 0.505. The largest absolute Gasteiger partial charge is 0.370 e. The zero-order valence-electron chi connectivity index (χ0n) is 9.32. The van der Waals surface area contributed by atoms with Crippen molar-refractivity contribution in [3.63, 3.8) is 0 Å². The maximum atomic E-state index is 6.09. The Hall–Kier alpha value is -1.26. The lowest BCUT2D eigenvalue weighted by atomic mass is 10.3. The first-order valence-corrected chi connectivity index (χ1v) is 6.02. The highest BCUT2D eigenvalue weighted by atomic mass is 35.5. The van der Waals surface area contributed by atoms with E-state index in [9.17, 15) is 0 Å². The number of hydrogen-bond donors (Lipinski definition) is 1. The number of halogens is 2. The van der Waals surface area contributed by atoms with Crippen molar-refractivity contribution in [2.45, 2.75) is 13.5 Å². The van der Waals surface area contributed by atoms with Gasteiger partial charge in [-0.3, -0.25) is 4.68 Å². The van der Waals surface area contributed by atoms with Gasteiger partial charge >= 0.3 is 0 Å². The molecule has 0 saturated heterocycles. The van der Waals surface area contributed by atoms with E-state index < -0.39 is 0 Å². The van der Waals surface area contributed by atoms with E-state index in [-0.39, 0.29) is 0 Å². The lowest BCUT2D eigenvalue weighted by Crippen LogP contribution is -2.06. The van der Waals surface area contributed by atoms with Gasteiger partial charge in [-0.2, -0.15) is 5.10 Å². The second-order valence-electron chi connectivity index (χ2n) is 3.51. The Morgan fingerprint density at radius 3 is 2.82 bits per heavy atom. The molecule has 0 spiro atoms. The third-order valence-corrected chi connectivity index (χ3v) is 2.73. The van der Waals surface area contributed by atoms with Gasteiger partial charge in [0.25, 0.3) is 0 Å². The maximum absolute atomic E-state index is 6.09.